The quantitative estimate of drug-likeness (QED) is 0.915. The summed E-state index contributed by atoms with van der Waals surface area (Å²) in [5, 5.41) is 5.64. The van der Waals surface area contributed by atoms with Crippen LogP contribution in [0.15, 0.2) is 48.8 Å². The third kappa shape index (κ3) is 4.15. The van der Waals surface area contributed by atoms with Crippen molar-refractivity contribution < 1.29 is 9.59 Å². The molecule has 0 aliphatic rings. The van der Waals surface area contributed by atoms with Crippen LogP contribution < -0.4 is 10.6 Å². The van der Waals surface area contributed by atoms with Crippen molar-refractivity contribution in [2.45, 2.75) is 26.3 Å². The summed E-state index contributed by atoms with van der Waals surface area (Å²) < 4.78 is 0. The molecule has 0 atom stereocenters. The molecule has 1 aromatic carbocycles. The molecule has 0 fully saturated rings. The summed E-state index contributed by atoms with van der Waals surface area (Å²) in [6, 6.07) is 10.3. The Labute approximate surface area is 129 Å². The number of pyridine rings is 1. The van der Waals surface area contributed by atoms with Crippen LogP contribution in [0.2, 0.25) is 0 Å². The maximum Gasteiger partial charge on any atom is 0.257 e. The van der Waals surface area contributed by atoms with Crippen LogP contribution >= 0.6 is 0 Å². The van der Waals surface area contributed by atoms with Gasteiger partial charge in [-0.3, -0.25) is 14.6 Å². The number of para-hydroxylation sites is 1. The molecule has 0 aliphatic heterocycles. The lowest BCUT2D eigenvalue weighted by molar-refractivity contribution is 0.0920. The molecule has 0 aliphatic carbocycles. The number of amides is 2. The number of aromatic nitrogens is 1. The van der Waals surface area contributed by atoms with Crippen LogP contribution in [0.25, 0.3) is 0 Å². The van der Waals surface area contributed by atoms with E-state index in [4.69, 9.17) is 0 Å². The largest absolute Gasteiger partial charge is 0.347 e. The number of carbonyl (C=O) groups is 2. The number of benzene rings is 1. The Balaban J connectivity index is 2.22. The van der Waals surface area contributed by atoms with Gasteiger partial charge < -0.3 is 10.6 Å². The summed E-state index contributed by atoms with van der Waals surface area (Å²) in [7, 11) is 0. The van der Waals surface area contributed by atoms with Crippen LogP contribution in [0.1, 0.15) is 41.5 Å². The Morgan fingerprint density at radius 3 is 2.36 bits per heavy atom. The lowest BCUT2D eigenvalue weighted by atomic mass is 10.1. The summed E-state index contributed by atoms with van der Waals surface area (Å²) in [5.41, 5.74) is 0.985. The summed E-state index contributed by atoms with van der Waals surface area (Å²) in [6.07, 6.45) is 3.08. The normalized spacial score (nSPS) is 10.9. The minimum absolute atomic E-state index is 0.227. The fourth-order valence-electron chi connectivity index (χ4n) is 1.89. The van der Waals surface area contributed by atoms with Gasteiger partial charge in [-0.2, -0.15) is 0 Å². The van der Waals surface area contributed by atoms with Gasteiger partial charge in [0.15, 0.2) is 0 Å². The molecule has 114 valence electrons. The first-order valence-corrected chi connectivity index (χ1v) is 7.00. The summed E-state index contributed by atoms with van der Waals surface area (Å²) in [6.45, 7) is 5.71. The van der Waals surface area contributed by atoms with Gasteiger partial charge in [-0.05, 0) is 45.0 Å². The lowest BCUT2D eigenvalue weighted by Gasteiger charge is -2.21. The molecule has 0 unspecified atom stereocenters. The third-order valence-corrected chi connectivity index (χ3v) is 2.83. The van der Waals surface area contributed by atoms with E-state index in [-0.39, 0.29) is 17.4 Å². The van der Waals surface area contributed by atoms with Gasteiger partial charge in [0.1, 0.15) is 0 Å². The molecule has 5 nitrogen and oxygen atoms in total. The molecule has 5 heteroatoms. The minimum Gasteiger partial charge on any atom is -0.347 e. The van der Waals surface area contributed by atoms with Crippen molar-refractivity contribution in [3.63, 3.8) is 0 Å². The molecule has 0 spiro atoms. The fourth-order valence-corrected chi connectivity index (χ4v) is 1.89. The predicted molar refractivity (Wildman–Crippen MR) is 85.9 cm³/mol. The van der Waals surface area contributed by atoms with Gasteiger partial charge in [0.25, 0.3) is 11.8 Å². The first-order valence-electron chi connectivity index (χ1n) is 7.00. The standard InChI is InChI=1S/C17H19N3O2/c1-17(2,3)20-16(22)13-8-4-5-9-14(13)19-15(21)12-7-6-10-18-11-12/h4-11H,1-3H3,(H,19,21)(H,20,22). The van der Waals surface area contributed by atoms with Crippen LogP contribution in [0, 0.1) is 0 Å². The van der Waals surface area contributed by atoms with Crippen molar-refractivity contribution in [2.75, 3.05) is 5.32 Å². The van der Waals surface area contributed by atoms with Crippen molar-refractivity contribution in [1.82, 2.24) is 10.3 Å². The van der Waals surface area contributed by atoms with Gasteiger partial charge in [-0.25, -0.2) is 0 Å². The zero-order valence-electron chi connectivity index (χ0n) is 12.9. The fraction of sp³-hybridized carbons (Fsp3) is 0.235. The van der Waals surface area contributed by atoms with Crippen molar-refractivity contribution in [3.05, 3.63) is 59.9 Å². The SMILES string of the molecule is CC(C)(C)NC(=O)c1ccccc1NC(=O)c1cccnc1. The molecular weight excluding hydrogens is 278 g/mol. The number of hydrogen-bond donors (Lipinski definition) is 2. The zero-order valence-corrected chi connectivity index (χ0v) is 12.9. The predicted octanol–water partition coefficient (Wildman–Crippen LogP) is 2.86. The van der Waals surface area contributed by atoms with Gasteiger partial charge in [0.2, 0.25) is 0 Å². The van der Waals surface area contributed by atoms with E-state index < -0.39 is 0 Å². The van der Waals surface area contributed by atoms with E-state index in [1.807, 2.05) is 20.8 Å². The maximum atomic E-state index is 12.3. The highest BCUT2D eigenvalue weighted by atomic mass is 16.2. The van der Waals surface area contributed by atoms with E-state index in [0.29, 0.717) is 16.8 Å². The Morgan fingerprint density at radius 1 is 1.00 bits per heavy atom. The molecule has 2 aromatic rings. The smallest absolute Gasteiger partial charge is 0.257 e. The number of hydrogen-bond acceptors (Lipinski definition) is 3. The van der Waals surface area contributed by atoms with Crippen LogP contribution in [0.3, 0.4) is 0 Å². The van der Waals surface area contributed by atoms with E-state index in [9.17, 15) is 9.59 Å². The summed E-state index contributed by atoms with van der Waals surface area (Å²) in [4.78, 5) is 28.4. The van der Waals surface area contributed by atoms with E-state index >= 15 is 0 Å². The number of nitrogens with zero attached hydrogens (tertiary/aromatic N) is 1. The van der Waals surface area contributed by atoms with Gasteiger partial charge in [0.05, 0.1) is 16.8 Å². The first-order chi connectivity index (χ1) is 10.4. The Bertz CT molecular complexity index is 676. The number of carbonyl (C=O) groups excluding carboxylic acids is 2. The highest BCUT2D eigenvalue weighted by Gasteiger charge is 2.18. The minimum atomic E-state index is -0.350. The van der Waals surface area contributed by atoms with Crippen molar-refractivity contribution >= 4 is 17.5 Å². The van der Waals surface area contributed by atoms with Gasteiger partial charge >= 0.3 is 0 Å². The third-order valence-electron chi connectivity index (χ3n) is 2.83. The number of anilines is 1. The molecule has 1 heterocycles. The van der Waals surface area contributed by atoms with Crippen LogP contribution in [0.4, 0.5) is 5.69 Å². The highest BCUT2D eigenvalue weighted by Crippen LogP contribution is 2.17. The Kier molecular flexibility index (Phi) is 4.56. The van der Waals surface area contributed by atoms with Crippen molar-refractivity contribution in [2.24, 2.45) is 0 Å². The number of nitrogens with one attached hydrogen (secondary N) is 2. The van der Waals surface area contributed by atoms with Crippen LogP contribution in [0.5, 0.6) is 0 Å². The van der Waals surface area contributed by atoms with Gasteiger partial charge in [-0.15, -0.1) is 0 Å². The maximum absolute atomic E-state index is 12.3. The molecule has 2 rings (SSSR count). The van der Waals surface area contributed by atoms with E-state index in [1.54, 1.807) is 42.6 Å². The molecule has 2 N–H and O–H groups in total. The summed E-state index contributed by atoms with van der Waals surface area (Å²) >= 11 is 0. The average Bonchev–Trinajstić information content (AvgIpc) is 2.47. The summed E-state index contributed by atoms with van der Waals surface area (Å²) in [5.74, 6) is -0.529. The molecule has 0 saturated carbocycles. The monoisotopic (exact) mass is 297 g/mol. The van der Waals surface area contributed by atoms with E-state index in [0.717, 1.165) is 0 Å². The van der Waals surface area contributed by atoms with Crippen LogP contribution in [-0.2, 0) is 0 Å². The van der Waals surface area contributed by atoms with Crippen LogP contribution in [-0.4, -0.2) is 22.3 Å². The second-order valence-electron chi connectivity index (χ2n) is 5.95. The van der Waals surface area contributed by atoms with Crippen molar-refractivity contribution in [3.8, 4) is 0 Å². The molecule has 1 aromatic heterocycles. The average molecular weight is 297 g/mol. The molecule has 2 amide bonds. The first kappa shape index (κ1) is 15.7. The van der Waals surface area contributed by atoms with E-state index in [2.05, 4.69) is 15.6 Å². The number of rotatable bonds is 3. The molecule has 0 bridgehead atoms. The zero-order chi connectivity index (χ0) is 16.2. The Hall–Kier alpha value is -2.69. The molecule has 22 heavy (non-hydrogen) atoms. The molecule has 0 radical (unpaired) electrons. The topological polar surface area (TPSA) is 71.1 Å². The lowest BCUT2D eigenvalue weighted by Crippen LogP contribution is -2.40. The van der Waals surface area contributed by atoms with Gasteiger partial charge in [0, 0.05) is 17.9 Å². The van der Waals surface area contributed by atoms with E-state index in [1.165, 1.54) is 6.20 Å². The van der Waals surface area contributed by atoms with Crippen molar-refractivity contribution in [1.29, 1.82) is 0 Å². The molecule has 0 saturated heterocycles. The second kappa shape index (κ2) is 6.39. The molecular formula is C17H19N3O2. The second-order valence-corrected chi connectivity index (χ2v) is 5.95. The van der Waals surface area contributed by atoms with Gasteiger partial charge in [-0.1, -0.05) is 12.1 Å². The Morgan fingerprint density at radius 2 is 1.73 bits per heavy atom. The highest BCUT2D eigenvalue weighted by molar-refractivity contribution is 6.08.